The number of aliphatic hydroxyl groups is 19. The van der Waals surface area contributed by atoms with Crippen LogP contribution in [0.4, 0.5) is 0 Å². The maximum atomic E-state index is 15.5. The molecule has 11 rings (SSSR count). The van der Waals surface area contributed by atoms with E-state index >= 15 is 4.79 Å². The van der Waals surface area contributed by atoms with E-state index in [1.807, 2.05) is 0 Å². The van der Waals surface area contributed by atoms with Gasteiger partial charge in [-0.1, -0.05) is 53.2 Å². The Kier molecular flexibility index (Phi) is 21.3. The summed E-state index contributed by atoms with van der Waals surface area (Å²) in [7, 11) is 0. The van der Waals surface area contributed by atoms with Crippen LogP contribution in [-0.4, -0.2) is 327 Å². The van der Waals surface area contributed by atoms with E-state index in [2.05, 4.69) is 40.7 Å². The Balaban J connectivity index is 0.786. The van der Waals surface area contributed by atoms with Gasteiger partial charge in [0.1, 0.15) is 115 Å². The van der Waals surface area contributed by atoms with Gasteiger partial charge in [-0.15, -0.1) is 0 Å². The average molecular weight is 1370 g/mol. The van der Waals surface area contributed by atoms with Crippen LogP contribution in [0.25, 0.3) is 0 Å². The summed E-state index contributed by atoms with van der Waals surface area (Å²) < 4.78 is 70.2. The number of ether oxygens (including phenoxy) is 12. The van der Waals surface area contributed by atoms with Gasteiger partial charge in [0.15, 0.2) is 37.6 Å². The zero-order valence-electron chi connectivity index (χ0n) is 54.4. The van der Waals surface area contributed by atoms with Crippen LogP contribution in [0.15, 0.2) is 11.6 Å². The Labute approximate surface area is 548 Å². The first-order valence-corrected chi connectivity index (χ1v) is 33.2. The third-order valence-corrected chi connectivity index (χ3v) is 24.6. The van der Waals surface area contributed by atoms with Crippen LogP contribution < -0.4 is 0 Å². The van der Waals surface area contributed by atoms with Crippen molar-refractivity contribution in [3.05, 3.63) is 11.6 Å². The molecular weight excluding hydrogens is 1270 g/mol. The summed E-state index contributed by atoms with van der Waals surface area (Å²) in [5.74, 6) is -2.08. The van der Waals surface area contributed by atoms with E-state index in [1.54, 1.807) is 6.92 Å². The molecule has 19 N–H and O–H groups in total. The lowest BCUT2D eigenvalue weighted by atomic mass is 9.33. The van der Waals surface area contributed by atoms with Crippen molar-refractivity contribution < 1.29 is 159 Å². The number of carbonyl (C=O) groups is 1. The monoisotopic (exact) mass is 1370 g/mol. The summed E-state index contributed by atoms with van der Waals surface area (Å²) in [6.07, 6.45) is -41.3. The van der Waals surface area contributed by atoms with Gasteiger partial charge in [-0.2, -0.15) is 0 Å². The lowest BCUT2D eigenvalue weighted by Crippen LogP contribution is -2.70. The van der Waals surface area contributed by atoms with Crippen LogP contribution in [0.3, 0.4) is 0 Å². The first-order chi connectivity index (χ1) is 44.5. The van der Waals surface area contributed by atoms with Crippen molar-refractivity contribution >= 4 is 5.97 Å². The second-order valence-electron chi connectivity index (χ2n) is 30.8. The van der Waals surface area contributed by atoms with Crippen LogP contribution in [-0.2, 0) is 61.6 Å². The quantitative estimate of drug-likeness (QED) is 0.0388. The highest BCUT2D eigenvalue weighted by Gasteiger charge is 2.73. The van der Waals surface area contributed by atoms with Gasteiger partial charge in [0, 0.05) is 5.41 Å². The minimum Gasteiger partial charge on any atom is -0.432 e. The first kappa shape index (κ1) is 74.2. The van der Waals surface area contributed by atoms with E-state index in [0.717, 1.165) is 5.57 Å². The molecule has 11 aliphatic rings. The number of fused-ring (bicyclic) bond motifs is 7. The molecule has 0 radical (unpaired) electrons. The number of carbonyl (C=O) groups excluding carboxylic acids is 1. The molecule has 0 aromatic rings. The average Bonchev–Trinajstić information content (AvgIpc) is 1.39. The van der Waals surface area contributed by atoms with Crippen LogP contribution in [0, 0.1) is 50.2 Å². The summed E-state index contributed by atoms with van der Waals surface area (Å²) in [4.78, 5) is 15.5. The molecule has 1 unspecified atom stereocenters. The van der Waals surface area contributed by atoms with Crippen molar-refractivity contribution in [3.63, 3.8) is 0 Å². The van der Waals surface area contributed by atoms with E-state index < -0.39 is 263 Å². The van der Waals surface area contributed by atoms with E-state index in [1.165, 1.54) is 6.92 Å². The van der Waals surface area contributed by atoms with E-state index in [4.69, 9.17) is 56.8 Å². The molecule has 37 atom stereocenters. The minimum absolute atomic E-state index is 0.0780. The van der Waals surface area contributed by atoms with E-state index in [9.17, 15) is 97.0 Å². The van der Waals surface area contributed by atoms with Gasteiger partial charge in [-0.05, 0) is 97.7 Å². The summed E-state index contributed by atoms with van der Waals surface area (Å²) >= 11 is 0. The standard InChI is InChI=1S/C63H102O32/c1-24-45(91-51-44(80)46(29(69)19-84-51)92-55-48(81)62(83,22-66)23-87-55)40(76)43(79)52(88-24)93-47-35(71)28(68)18-85-54(47)95-56(82)63-13-12-57(2,3)14-26(63)25-8-9-33-58(4)15-27(67)49(59(5,21-65)32(58)10-11-60(33,6)61(25,7)16-34(63)70)94-53-42(78)39(75)37(73)31(90-53)20-86-50-41(77)38(74)36(72)30(17-64)89-50/h8,24,26-55,64-81,83H,9-23H2,1-7H3/t24-,26-,27-,28-,29+,30+,31+,32?,33+,34+,35-,36+,37+,38-,39-,40-,41+,42+,43+,44+,45-,46-,47+,48-,49-,50+,51-,52-,53-,54-,55-,58-,59-,60+,61+,62+,63+/m0/s1. The first-order valence-electron chi connectivity index (χ1n) is 33.2. The molecule has 0 amide bonds. The van der Waals surface area contributed by atoms with Crippen molar-refractivity contribution in [3.8, 4) is 0 Å². The van der Waals surface area contributed by atoms with Gasteiger partial charge in [-0.3, -0.25) is 4.79 Å². The van der Waals surface area contributed by atoms with Crippen LogP contribution in [0.2, 0.25) is 0 Å². The van der Waals surface area contributed by atoms with Crippen LogP contribution in [0.5, 0.6) is 0 Å². The zero-order valence-corrected chi connectivity index (χ0v) is 54.4. The second-order valence-corrected chi connectivity index (χ2v) is 30.8. The fourth-order valence-corrected chi connectivity index (χ4v) is 18.8. The normalized spacial score (nSPS) is 55.5. The summed E-state index contributed by atoms with van der Waals surface area (Å²) in [6.45, 7) is 9.42. The predicted octanol–water partition coefficient (Wildman–Crippen LogP) is -6.53. The lowest BCUT2D eigenvalue weighted by molar-refractivity contribution is -0.372. The Bertz CT molecular complexity index is 2700. The fourth-order valence-electron chi connectivity index (χ4n) is 18.8. The molecule has 32 nitrogen and oxygen atoms in total. The number of hydrogen-bond donors (Lipinski definition) is 19. The molecule has 95 heavy (non-hydrogen) atoms. The topological polar surface area (TPSA) is 512 Å². The number of esters is 1. The van der Waals surface area contributed by atoms with Gasteiger partial charge >= 0.3 is 5.97 Å². The molecule has 5 aliphatic carbocycles. The number of allylic oxidation sites excluding steroid dienone is 2. The Morgan fingerprint density at radius 1 is 0.558 bits per heavy atom. The maximum Gasteiger partial charge on any atom is 0.317 e. The second kappa shape index (κ2) is 27.3. The summed E-state index contributed by atoms with van der Waals surface area (Å²) in [5, 5.41) is 210. The molecular formula is C63H102O32. The van der Waals surface area contributed by atoms with Crippen molar-refractivity contribution in [2.75, 3.05) is 46.2 Å². The molecule has 6 aliphatic heterocycles. The molecule has 6 saturated heterocycles. The Morgan fingerprint density at radius 3 is 1.83 bits per heavy atom. The number of rotatable bonds is 16. The van der Waals surface area contributed by atoms with Crippen molar-refractivity contribution in [1.82, 2.24) is 0 Å². The molecule has 32 heteroatoms. The third kappa shape index (κ3) is 12.4. The van der Waals surface area contributed by atoms with Crippen LogP contribution in [0.1, 0.15) is 99.8 Å². The Hall–Kier alpha value is -1.99. The third-order valence-electron chi connectivity index (χ3n) is 24.6. The molecule has 0 spiro atoms. The highest BCUT2D eigenvalue weighted by molar-refractivity contribution is 5.80. The highest BCUT2D eigenvalue weighted by atomic mass is 16.8. The van der Waals surface area contributed by atoms with E-state index in [0.29, 0.717) is 32.1 Å². The van der Waals surface area contributed by atoms with Crippen molar-refractivity contribution in [2.45, 2.75) is 277 Å². The van der Waals surface area contributed by atoms with Gasteiger partial charge in [0.2, 0.25) is 6.29 Å². The predicted molar refractivity (Wildman–Crippen MR) is 313 cm³/mol. The van der Waals surface area contributed by atoms with E-state index in [-0.39, 0.29) is 36.5 Å². The van der Waals surface area contributed by atoms with Gasteiger partial charge in [0.05, 0.1) is 70.7 Å². The van der Waals surface area contributed by atoms with Gasteiger partial charge < -0.3 is 154 Å². The lowest BCUT2D eigenvalue weighted by Gasteiger charge is -2.72. The summed E-state index contributed by atoms with van der Waals surface area (Å²) in [6, 6.07) is 0. The summed E-state index contributed by atoms with van der Waals surface area (Å²) in [5.41, 5.74) is -6.52. The van der Waals surface area contributed by atoms with Crippen molar-refractivity contribution in [1.29, 1.82) is 0 Å². The molecule has 4 saturated carbocycles. The zero-order chi connectivity index (χ0) is 69.4. The number of aliphatic hydroxyl groups excluding tert-OH is 18. The van der Waals surface area contributed by atoms with Gasteiger partial charge in [-0.25, -0.2) is 0 Å². The molecule has 0 aromatic heterocycles. The molecule has 0 aromatic carbocycles. The minimum atomic E-state index is -2.09. The highest BCUT2D eigenvalue weighted by Crippen LogP contribution is 2.76. The molecule has 546 valence electrons. The molecule has 6 heterocycles. The number of hydrogen-bond acceptors (Lipinski definition) is 32. The maximum absolute atomic E-state index is 15.5. The van der Waals surface area contributed by atoms with Crippen LogP contribution >= 0.6 is 0 Å². The fraction of sp³-hybridized carbons (Fsp3) is 0.952. The largest absolute Gasteiger partial charge is 0.432 e. The molecule has 0 bridgehead atoms. The van der Waals surface area contributed by atoms with Gasteiger partial charge in [0.25, 0.3) is 0 Å². The van der Waals surface area contributed by atoms with Crippen molar-refractivity contribution in [2.24, 2.45) is 50.2 Å². The molecule has 10 fully saturated rings. The SMILES string of the molecule is C[C@@H]1O[C@@H](O[C@H]2[C@H](OC(=O)[C@]34CCC(C)(C)C[C@H]3C3=CC[C@@H]5[C@@]6(C)C[C@H](O)[C@H](O[C@@H]7O[C@H](CO[C@@H]8O[C@H](CO)[C@@H](O)[C@H](O)[C@H]8O)[C@@H](O)[C@H](O)[C@H]7O)[C@@](C)(CO)C6CC[C@@]5(C)[C@]3(C)C[C@H]4O)OC[C@H](O)[C@@H]2O)[C@H](O)[C@H](O)[C@H]1O[C@@H]1OC[C@@H](O)[C@H](O[C@@H]2OC[C@](O)(CO)[C@H]2O)[C@H]1O. The Morgan fingerprint density at radius 2 is 1.17 bits per heavy atom. The smallest absolute Gasteiger partial charge is 0.317 e.